The topological polar surface area (TPSA) is 104 Å². The van der Waals surface area contributed by atoms with Crippen molar-refractivity contribution in [1.29, 1.82) is 5.26 Å². The number of aryl methyl sites for hydroxylation is 1. The molecule has 2 aromatic heterocycles. The molecule has 2 fully saturated rings. The molecule has 3 heterocycles. The van der Waals surface area contributed by atoms with E-state index in [0.717, 1.165) is 23.8 Å². The minimum absolute atomic E-state index is 0.0798. The van der Waals surface area contributed by atoms with Gasteiger partial charge in [-0.1, -0.05) is 42.1 Å². The van der Waals surface area contributed by atoms with Crippen LogP contribution in [0, 0.1) is 18.3 Å². The number of carbonyl (C=O) groups is 1. The fourth-order valence-electron chi connectivity index (χ4n) is 4.04. The lowest BCUT2D eigenvalue weighted by atomic mass is 10.2. The average molecular weight is 464 g/mol. The first-order chi connectivity index (χ1) is 16.1. The zero-order valence-electron chi connectivity index (χ0n) is 18.5. The third-order valence-corrected chi connectivity index (χ3v) is 6.89. The van der Waals surface area contributed by atoms with E-state index in [1.54, 1.807) is 6.92 Å². The van der Waals surface area contributed by atoms with Gasteiger partial charge in [0.15, 0.2) is 11.0 Å². The second-order valence-corrected chi connectivity index (χ2v) is 9.28. The van der Waals surface area contributed by atoms with Gasteiger partial charge in [-0.05, 0) is 18.4 Å². The van der Waals surface area contributed by atoms with Crippen molar-refractivity contribution in [2.24, 2.45) is 0 Å². The van der Waals surface area contributed by atoms with Crippen LogP contribution in [0.3, 0.4) is 0 Å². The molecule has 33 heavy (non-hydrogen) atoms. The maximum absolute atomic E-state index is 12.9. The zero-order valence-corrected chi connectivity index (χ0v) is 19.3. The van der Waals surface area contributed by atoms with Crippen molar-refractivity contribution >= 4 is 23.6 Å². The molecule has 1 amide bonds. The highest BCUT2D eigenvalue weighted by Gasteiger charge is 2.31. The maximum atomic E-state index is 12.9. The minimum atomic E-state index is 0.0798. The summed E-state index contributed by atoms with van der Waals surface area (Å²) >= 11 is 1.45. The van der Waals surface area contributed by atoms with E-state index in [1.807, 2.05) is 28.0 Å². The Kier molecular flexibility index (Phi) is 6.05. The molecular weight excluding hydrogens is 438 g/mol. The van der Waals surface area contributed by atoms with Gasteiger partial charge in [0, 0.05) is 39.0 Å². The number of nitriles is 1. The Morgan fingerprint density at radius 2 is 1.94 bits per heavy atom. The SMILES string of the molecule is Cc1nc(C#N)c(N2CCN(C(=O)CSc3nnc(C4CC4)n3Cc3ccccc3)CC2)o1. The van der Waals surface area contributed by atoms with E-state index < -0.39 is 0 Å². The third-order valence-electron chi connectivity index (χ3n) is 5.94. The smallest absolute Gasteiger partial charge is 0.234 e. The number of hydrogen-bond donors (Lipinski definition) is 0. The number of amides is 1. The van der Waals surface area contributed by atoms with Gasteiger partial charge in [0.25, 0.3) is 0 Å². The van der Waals surface area contributed by atoms with E-state index in [4.69, 9.17) is 4.42 Å². The molecule has 0 bridgehead atoms. The molecular formula is C23H25N7O2S. The Morgan fingerprint density at radius 1 is 1.18 bits per heavy atom. The molecule has 1 saturated heterocycles. The number of carbonyl (C=O) groups excluding carboxylic acids is 1. The highest BCUT2D eigenvalue weighted by Crippen LogP contribution is 2.40. The Labute approximate surface area is 196 Å². The van der Waals surface area contributed by atoms with E-state index in [2.05, 4.69) is 38.0 Å². The summed E-state index contributed by atoms with van der Waals surface area (Å²) in [6.07, 6.45) is 2.30. The molecule has 10 heteroatoms. The van der Waals surface area contributed by atoms with Gasteiger partial charge >= 0.3 is 0 Å². The van der Waals surface area contributed by atoms with Gasteiger partial charge in [0.05, 0.1) is 12.3 Å². The molecule has 5 rings (SSSR count). The van der Waals surface area contributed by atoms with Crippen LogP contribution >= 0.6 is 11.8 Å². The number of nitrogens with zero attached hydrogens (tertiary/aromatic N) is 7. The summed E-state index contributed by atoms with van der Waals surface area (Å²) in [5.41, 5.74) is 1.50. The molecule has 9 nitrogen and oxygen atoms in total. The van der Waals surface area contributed by atoms with E-state index in [9.17, 15) is 10.1 Å². The van der Waals surface area contributed by atoms with Crippen molar-refractivity contribution in [3.8, 4) is 6.07 Å². The van der Waals surface area contributed by atoms with Crippen LogP contribution in [-0.4, -0.2) is 62.5 Å². The van der Waals surface area contributed by atoms with Crippen LogP contribution in [-0.2, 0) is 11.3 Å². The summed E-state index contributed by atoms with van der Waals surface area (Å²) in [5, 5.41) is 18.9. The number of benzene rings is 1. The second kappa shape index (κ2) is 9.27. The maximum Gasteiger partial charge on any atom is 0.234 e. The standard InChI is InChI=1S/C23H25N7O2S/c1-16-25-19(13-24)22(32-16)29-11-9-28(10-12-29)20(31)15-33-23-27-26-21(18-7-8-18)30(23)14-17-5-3-2-4-6-17/h2-6,18H,7-12,14-15H2,1H3. The minimum Gasteiger partial charge on any atom is -0.424 e. The van der Waals surface area contributed by atoms with Crippen molar-refractivity contribution in [3.63, 3.8) is 0 Å². The summed E-state index contributed by atoms with van der Waals surface area (Å²) in [4.78, 5) is 20.9. The molecule has 0 N–H and O–H groups in total. The first-order valence-corrected chi connectivity index (χ1v) is 12.1. The van der Waals surface area contributed by atoms with Crippen LogP contribution in [0.15, 0.2) is 39.9 Å². The number of hydrogen-bond acceptors (Lipinski definition) is 8. The normalized spacial score (nSPS) is 16.1. The van der Waals surface area contributed by atoms with Gasteiger partial charge in [-0.25, -0.2) is 4.98 Å². The van der Waals surface area contributed by atoms with Crippen LogP contribution in [0.25, 0.3) is 0 Å². The Morgan fingerprint density at radius 3 is 2.64 bits per heavy atom. The molecule has 0 atom stereocenters. The molecule has 3 aromatic rings. The molecule has 1 aliphatic carbocycles. The number of aromatic nitrogens is 4. The van der Waals surface area contributed by atoms with E-state index in [-0.39, 0.29) is 5.91 Å². The highest BCUT2D eigenvalue weighted by molar-refractivity contribution is 7.99. The fourth-order valence-corrected chi connectivity index (χ4v) is 4.89. The van der Waals surface area contributed by atoms with Crippen molar-refractivity contribution in [2.45, 2.75) is 37.4 Å². The van der Waals surface area contributed by atoms with Gasteiger partial charge in [-0.15, -0.1) is 10.2 Å². The van der Waals surface area contributed by atoms with E-state index >= 15 is 0 Å². The largest absolute Gasteiger partial charge is 0.424 e. The van der Waals surface area contributed by atoms with Gasteiger partial charge in [-0.3, -0.25) is 4.79 Å². The lowest BCUT2D eigenvalue weighted by Crippen LogP contribution is -2.49. The average Bonchev–Trinajstić information content (AvgIpc) is 3.51. The van der Waals surface area contributed by atoms with Crippen LogP contribution < -0.4 is 4.90 Å². The monoisotopic (exact) mass is 463 g/mol. The van der Waals surface area contributed by atoms with Crippen molar-refractivity contribution in [1.82, 2.24) is 24.6 Å². The van der Waals surface area contributed by atoms with Crippen molar-refractivity contribution < 1.29 is 9.21 Å². The number of rotatable bonds is 7. The molecule has 0 unspecified atom stereocenters. The van der Waals surface area contributed by atoms with Gasteiger partial charge in [-0.2, -0.15) is 5.26 Å². The van der Waals surface area contributed by atoms with Crippen LogP contribution in [0.1, 0.15) is 41.7 Å². The molecule has 1 saturated carbocycles. The first-order valence-electron chi connectivity index (χ1n) is 11.1. The number of thioether (sulfide) groups is 1. The second-order valence-electron chi connectivity index (χ2n) is 8.34. The highest BCUT2D eigenvalue weighted by atomic mass is 32.2. The summed E-state index contributed by atoms with van der Waals surface area (Å²) in [6, 6.07) is 12.4. The predicted octanol–water partition coefficient (Wildman–Crippen LogP) is 2.81. The van der Waals surface area contributed by atoms with Gasteiger partial charge < -0.3 is 18.8 Å². The molecule has 1 aromatic carbocycles. The first kappa shape index (κ1) is 21.5. The number of anilines is 1. The van der Waals surface area contributed by atoms with Crippen molar-refractivity contribution in [3.05, 3.63) is 53.3 Å². The summed E-state index contributed by atoms with van der Waals surface area (Å²) < 4.78 is 7.77. The Hall–Kier alpha value is -3.32. The van der Waals surface area contributed by atoms with Gasteiger partial charge in [0.2, 0.25) is 17.5 Å². The molecule has 0 radical (unpaired) electrons. The molecule has 170 valence electrons. The number of oxazole rings is 1. The zero-order chi connectivity index (χ0) is 22.8. The van der Waals surface area contributed by atoms with Crippen molar-refractivity contribution in [2.75, 3.05) is 36.8 Å². The van der Waals surface area contributed by atoms with Crippen LogP contribution in [0.5, 0.6) is 0 Å². The Bertz CT molecular complexity index is 1170. The third kappa shape index (κ3) is 4.73. The van der Waals surface area contributed by atoms with Gasteiger partial charge in [0.1, 0.15) is 11.9 Å². The molecule has 0 spiro atoms. The summed E-state index contributed by atoms with van der Waals surface area (Å²) in [7, 11) is 0. The summed E-state index contributed by atoms with van der Waals surface area (Å²) in [6.45, 7) is 4.81. The lowest BCUT2D eigenvalue weighted by Gasteiger charge is -2.34. The predicted molar refractivity (Wildman–Crippen MR) is 123 cm³/mol. The lowest BCUT2D eigenvalue weighted by molar-refractivity contribution is -0.128. The number of piperazine rings is 1. The fraction of sp³-hybridized carbons (Fsp3) is 0.435. The Balaban J connectivity index is 1.20. The molecule has 1 aliphatic heterocycles. The quantitative estimate of drug-likeness (QED) is 0.493. The molecule has 2 aliphatic rings. The summed E-state index contributed by atoms with van der Waals surface area (Å²) in [5.74, 6) is 2.88. The van der Waals surface area contributed by atoms with E-state index in [1.165, 1.54) is 17.3 Å². The van der Waals surface area contributed by atoms with Crippen LogP contribution in [0.4, 0.5) is 5.88 Å². The van der Waals surface area contributed by atoms with Crippen LogP contribution in [0.2, 0.25) is 0 Å². The van der Waals surface area contributed by atoms with E-state index in [0.29, 0.717) is 61.9 Å².